The predicted molar refractivity (Wildman–Crippen MR) is 122 cm³/mol. The summed E-state index contributed by atoms with van der Waals surface area (Å²) in [6.45, 7) is 1.55. The minimum atomic E-state index is 0.215. The summed E-state index contributed by atoms with van der Waals surface area (Å²) in [5.41, 5.74) is 4.75. The van der Waals surface area contributed by atoms with E-state index >= 15 is 0 Å². The molecule has 2 aromatic carbocycles. The summed E-state index contributed by atoms with van der Waals surface area (Å²) in [6, 6.07) is 18.7. The Bertz CT molecular complexity index is 1350. The Morgan fingerprint density at radius 3 is 2.84 bits per heavy atom. The van der Waals surface area contributed by atoms with Crippen molar-refractivity contribution in [2.45, 2.75) is 18.9 Å². The van der Waals surface area contributed by atoms with Crippen LogP contribution < -0.4 is 5.32 Å². The molecule has 6 nitrogen and oxygen atoms in total. The molecule has 2 N–H and O–H groups in total. The van der Waals surface area contributed by atoms with E-state index in [1.54, 1.807) is 6.33 Å². The lowest BCUT2D eigenvalue weighted by atomic mass is 9.98. The molecule has 1 atom stereocenters. The summed E-state index contributed by atoms with van der Waals surface area (Å²) in [5, 5.41) is 5.53. The van der Waals surface area contributed by atoms with Crippen LogP contribution in [0.3, 0.4) is 0 Å². The highest BCUT2D eigenvalue weighted by atomic mass is 16.5. The van der Waals surface area contributed by atoms with Crippen molar-refractivity contribution in [3.05, 3.63) is 67.1 Å². The first-order valence-electron chi connectivity index (χ1n) is 10.6. The number of aromatic nitrogens is 3. The molecule has 0 aliphatic carbocycles. The number of ether oxygens (including phenoxy) is 1. The first-order chi connectivity index (χ1) is 15.4. The van der Waals surface area contributed by atoms with Gasteiger partial charge in [0.25, 0.3) is 0 Å². The van der Waals surface area contributed by atoms with E-state index in [4.69, 9.17) is 9.15 Å². The van der Waals surface area contributed by atoms with Crippen LogP contribution >= 0.6 is 0 Å². The SMILES string of the molecule is c1ccc(-c2c(-c3ccc4[nH]ccc4c3)oc3ncnc(NCC4CCCO4)c23)cc1. The molecule has 0 saturated carbocycles. The fourth-order valence-electron chi connectivity index (χ4n) is 4.36. The minimum Gasteiger partial charge on any atom is -0.437 e. The van der Waals surface area contributed by atoms with E-state index in [9.17, 15) is 0 Å². The van der Waals surface area contributed by atoms with E-state index in [2.05, 4.69) is 56.7 Å². The molecule has 6 heteroatoms. The van der Waals surface area contributed by atoms with Crippen LogP contribution in [0.5, 0.6) is 0 Å². The number of anilines is 1. The summed E-state index contributed by atoms with van der Waals surface area (Å²) in [6.07, 6.45) is 5.90. The number of aromatic amines is 1. The van der Waals surface area contributed by atoms with Gasteiger partial charge < -0.3 is 19.5 Å². The highest BCUT2D eigenvalue weighted by Crippen LogP contribution is 2.43. The molecule has 0 radical (unpaired) electrons. The van der Waals surface area contributed by atoms with Crippen molar-refractivity contribution in [3.8, 4) is 22.5 Å². The number of furan rings is 1. The van der Waals surface area contributed by atoms with Crippen molar-refractivity contribution in [1.29, 1.82) is 0 Å². The zero-order chi connectivity index (χ0) is 20.6. The smallest absolute Gasteiger partial charge is 0.232 e. The topological polar surface area (TPSA) is 76.0 Å². The lowest BCUT2D eigenvalue weighted by molar-refractivity contribution is 0.120. The summed E-state index contributed by atoms with van der Waals surface area (Å²) in [7, 11) is 0. The van der Waals surface area contributed by atoms with Crippen molar-refractivity contribution in [2.75, 3.05) is 18.5 Å². The van der Waals surface area contributed by atoms with Gasteiger partial charge >= 0.3 is 0 Å². The summed E-state index contributed by atoms with van der Waals surface area (Å²) >= 11 is 0. The van der Waals surface area contributed by atoms with E-state index < -0.39 is 0 Å². The van der Waals surface area contributed by atoms with Gasteiger partial charge in [-0.2, -0.15) is 0 Å². The normalized spacial score (nSPS) is 16.3. The molecule has 1 aliphatic heterocycles. The van der Waals surface area contributed by atoms with Crippen LogP contribution in [0.2, 0.25) is 0 Å². The molecule has 0 spiro atoms. The number of hydrogen-bond donors (Lipinski definition) is 2. The average molecular weight is 410 g/mol. The maximum atomic E-state index is 6.35. The quantitative estimate of drug-likeness (QED) is 0.393. The van der Waals surface area contributed by atoms with Crippen LogP contribution in [0.1, 0.15) is 12.8 Å². The second kappa shape index (κ2) is 7.56. The van der Waals surface area contributed by atoms with Gasteiger partial charge in [-0.1, -0.05) is 30.3 Å². The van der Waals surface area contributed by atoms with E-state index in [1.165, 1.54) is 0 Å². The summed E-state index contributed by atoms with van der Waals surface area (Å²) < 4.78 is 12.1. The number of nitrogens with zero attached hydrogens (tertiary/aromatic N) is 2. The number of benzene rings is 2. The molecule has 1 aliphatic rings. The third-order valence-corrected chi connectivity index (χ3v) is 5.89. The van der Waals surface area contributed by atoms with Gasteiger partial charge in [-0.05, 0) is 42.7 Å². The van der Waals surface area contributed by atoms with Crippen LogP contribution in [0.15, 0.2) is 71.5 Å². The van der Waals surface area contributed by atoms with Gasteiger partial charge in [-0.3, -0.25) is 0 Å². The van der Waals surface area contributed by atoms with Gasteiger partial charge in [0.1, 0.15) is 17.9 Å². The molecular weight excluding hydrogens is 388 g/mol. The molecule has 1 fully saturated rings. The maximum absolute atomic E-state index is 6.35. The molecule has 1 saturated heterocycles. The molecule has 6 rings (SSSR count). The Labute approximate surface area is 179 Å². The molecule has 4 heterocycles. The lowest BCUT2D eigenvalue weighted by Gasteiger charge is -2.12. The summed E-state index contributed by atoms with van der Waals surface area (Å²) in [5.74, 6) is 1.57. The second-order valence-electron chi connectivity index (χ2n) is 7.87. The maximum Gasteiger partial charge on any atom is 0.232 e. The van der Waals surface area contributed by atoms with Crippen LogP contribution in [-0.4, -0.2) is 34.2 Å². The number of H-pyrrole nitrogens is 1. The van der Waals surface area contributed by atoms with E-state index in [-0.39, 0.29) is 6.10 Å². The fraction of sp³-hybridized carbons (Fsp3) is 0.200. The Morgan fingerprint density at radius 2 is 1.97 bits per heavy atom. The van der Waals surface area contributed by atoms with E-state index in [1.807, 2.05) is 24.4 Å². The molecule has 0 bridgehead atoms. The standard InChI is InChI=1S/C25H22N4O2/c1-2-5-16(6-3-1)21-22-24(27-14-19-7-4-12-30-19)28-15-29-25(22)31-23(21)18-8-9-20-17(13-18)10-11-26-20/h1-3,5-6,8-11,13,15,19,26H,4,7,12,14H2,(H,27,28,29). The van der Waals surface area contributed by atoms with Gasteiger partial charge in [0, 0.05) is 41.4 Å². The van der Waals surface area contributed by atoms with Crippen LogP contribution in [0.25, 0.3) is 44.5 Å². The third kappa shape index (κ3) is 3.25. The summed E-state index contributed by atoms with van der Waals surface area (Å²) in [4.78, 5) is 12.3. The Hall–Kier alpha value is -3.64. The molecule has 1 unspecified atom stereocenters. The van der Waals surface area contributed by atoms with Crippen molar-refractivity contribution in [2.24, 2.45) is 0 Å². The zero-order valence-corrected chi connectivity index (χ0v) is 17.0. The molecule has 5 aromatic rings. The van der Waals surface area contributed by atoms with Crippen LogP contribution in [-0.2, 0) is 4.74 Å². The number of hydrogen-bond acceptors (Lipinski definition) is 5. The van der Waals surface area contributed by atoms with Crippen LogP contribution in [0.4, 0.5) is 5.82 Å². The molecule has 3 aromatic heterocycles. The highest BCUT2D eigenvalue weighted by molar-refractivity contribution is 6.06. The van der Waals surface area contributed by atoms with Crippen molar-refractivity contribution >= 4 is 27.8 Å². The van der Waals surface area contributed by atoms with E-state index in [0.29, 0.717) is 5.71 Å². The largest absolute Gasteiger partial charge is 0.437 e. The van der Waals surface area contributed by atoms with Crippen LogP contribution in [0, 0.1) is 0 Å². The Balaban J connectivity index is 1.53. The van der Waals surface area contributed by atoms with Crippen molar-refractivity contribution in [3.63, 3.8) is 0 Å². The van der Waals surface area contributed by atoms with Gasteiger partial charge in [-0.25, -0.2) is 9.97 Å². The van der Waals surface area contributed by atoms with Gasteiger partial charge in [0.15, 0.2) is 0 Å². The lowest BCUT2D eigenvalue weighted by Crippen LogP contribution is -2.19. The predicted octanol–water partition coefficient (Wildman–Crippen LogP) is 5.63. The fourth-order valence-corrected chi connectivity index (χ4v) is 4.36. The monoisotopic (exact) mass is 410 g/mol. The second-order valence-corrected chi connectivity index (χ2v) is 7.87. The molecule has 154 valence electrons. The number of nitrogens with one attached hydrogen (secondary N) is 2. The molecule has 0 amide bonds. The zero-order valence-electron chi connectivity index (χ0n) is 17.0. The Morgan fingerprint density at radius 1 is 1.03 bits per heavy atom. The van der Waals surface area contributed by atoms with Gasteiger partial charge in [0.05, 0.1) is 11.5 Å². The highest BCUT2D eigenvalue weighted by Gasteiger charge is 2.23. The average Bonchev–Trinajstić information content (AvgIpc) is 3.57. The van der Waals surface area contributed by atoms with Gasteiger partial charge in [-0.15, -0.1) is 0 Å². The van der Waals surface area contributed by atoms with E-state index in [0.717, 1.165) is 70.6 Å². The minimum absolute atomic E-state index is 0.215. The first kappa shape index (κ1) is 18.2. The first-order valence-corrected chi connectivity index (χ1v) is 10.6. The van der Waals surface area contributed by atoms with Crippen molar-refractivity contribution in [1.82, 2.24) is 15.0 Å². The Kier molecular flexibility index (Phi) is 4.43. The van der Waals surface area contributed by atoms with Gasteiger partial charge in [0.2, 0.25) is 5.71 Å². The van der Waals surface area contributed by atoms with Crippen molar-refractivity contribution < 1.29 is 9.15 Å². The molecule has 31 heavy (non-hydrogen) atoms. The molecular formula is C25H22N4O2. The number of rotatable bonds is 5. The third-order valence-electron chi connectivity index (χ3n) is 5.89. The number of fused-ring (bicyclic) bond motifs is 2.